The second-order valence-electron chi connectivity index (χ2n) is 7.26. The number of sulfone groups is 1. The van der Waals surface area contributed by atoms with Crippen molar-refractivity contribution in [2.45, 2.75) is 44.3 Å². The molecule has 1 saturated heterocycles. The van der Waals surface area contributed by atoms with Gasteiger partial charge < -0.3 is 9.47 Å². The molecule has 0 unspecified atom stereocenters. The molecule has 2 heterocycles. The fraction of sp³-hybridized carbons (Fsp3) is 0.450. The minimum Gasteiger partial charge on any atom is -0.350 e. The van der Waals surface area contributed by atoms with E-state index in [0.29, 0.717) is 40.6 Å². The van der Waals surface area contributed by atoms with Crippen molar-refractivity contribution >= 4 is 27.3 Å². The number of likely N-dealkylation sites (tertiary alicyclic amines) is 1. The van der Waals surface area contributed by atoms with Crippen LogP contribution in [0.1, 0.15) is 45.7 Å². The van der Waals surface area contributed by atoms with E-state index >= 15 is 0 Å². The van der Waals surface area contributed by atoms with Gasteiger partial charge in [0.1, 0.15) is 4.90 Å². The summed E-state index contributed by atoms with van der Waals surface area (Å²) in [5.41, 5.74) is 3.11. The highest BCUT2D eigenvalue weighted by Gasteiger charge is 2.33. The van der Waals surface area contributed by atoms with Crippen LogP contribution in [0.5, 0.6) is 0 Å². The maximum absolute atomic E-state index is 13.4. The third-order valence-electron chi connectivity index (χ3n) is 5.50. The van der Waals surface area contributed by atoms with Crippen molar-refractivity contribution in [1.82, 2.24) is 9.47 Å². The molecular formula is C20H25ClN2O3S. The molecule has 0 aliphatic carbocycles. The Morgan fingerprint density at radius 2 is 1.74 bits per heavy atom. The molecule has 1 amide bonds. The standard InChI is InChI=1S/C20H25ClN2O3S/c1-13-7-8-17(21)11-16(13)12-27(25,26)19-15(3)22(4)14(2)18(19)20(24)23-9-5-6-10-23/h7-8,11H,5-6,9-10,12H2,1-4H3. The molecule has 1 aliphatic rings. The van der Waals surface area contributed by atoms with Gasteiger partial charge in [-0.15, -0.1) is 0 Å². The zero-order chi connectivity index (χ0) is 19.9. The Labute approximate surface area is 165 Å². The first-order chi connectivity index (χ1) is 12.6. The highest BCUT2D eigenvalue weighted by atomic mass is 35.5. The van der Waals surface area contributed by atoms with Gasteiger partial charge in [-0.25, -0.2) is 8.42 Å². The molecule has 146 valence electrons. The Hall–Kier alpha value is -1.79. The SMILES string of the molecule is Cc1ccc(Cl)cc1CS(=O)(=O)c1c(C(=O)N2CCCC2)c(C)n(C)c1C. The van der Waals surface area contributed by atoms with Crippen molar-refractivity contribution < 1.29 is 13.2 Å². The molecule has 3 rings (SSSR count). The molecule has 0 spiro atoms. The minimum absolute atomic E-state index is 0.152. The van der Waals surface area contributed by atoms with Crippen molar-refractivity contribution in [2.75, 3.05) is 13.1 Å². The van der Waals surface area contributed by atoms with Crippen molar-refractivity contribution in [2.24, 2.45) is 7.05 Å². The summed E-state index contributed by atoms with van der Waals surface area (Å²) in [5.74, 6) is -0.362. The lowest BCUT2D eigenvalue weighted by atomic mass is 10.1. The van der Waals surface area contributed by atoms with Crippen molar-refractivity contribution in [3.8, 4) is 0 Å². The van der Waals surface area contributed by atoms with Crippen LogP contribution in [0.4, 0.5) is 0 Å². The molecule has 1 fully saturated rings. The number of hydrogen-bond donors (Lipinski definition) is 0. The van der Waals surface area contributed by atoms with Crippen LogP contribution in [-0.2, 0) is 22.6 Å². The Balaban J connectivity index is 2.11. The molecule has 0 saturated carbocycles. The van der Waals surface area contributed by atoms with Crippen molar-refractivity contribution in [3.63, 3.8) is 0 Å². The molecule has 2 aromatic rings. The number of amides is 1. The number of rotatable bonds is 4. The van der Waals surface area contributed by atoms with Gasteiger partial charge in [0.15, 0.2) is 9.84 Å². The molecule has 1 aromatic heterocycles. The summed E-state index contributed by atoms with van der Waals surface area (Å²) < 4.78 is 28.5. The summed E-state index contributed by atoms with van der Waals surface area (Å²) in [6, 6.07) is 5.24. The molecular weight excluding hydrogens is 384 g/mol. The molecule has 1 aliphatic heterocycles. The van der Waals surface area contributed by atoms with Gasteiger partial charge in [0.2, 0.25) is 0 Å². The second-order valence-corrected chi connectivity index (χ2v) is 9.63. The van der Waals surface area contributed by atoms with Crippen LogP contribution in [0.15, 0.2) is 23.1 Å². The van der Waals surface area contributed by atoms with Gasteiger partial charge in [-0.3, -0.25) is 4.79 Å². The number of halogens is 1. The number of carbonyl (C=O) groups excluding carboxylic acids is 1. The quantitative estimate of drug-likeness (QED) is 0.772. The summed E-state index contributed by atoms with van der Waals surface area (Å²) in [7, 11) is -1.92. The lowest BCUT2D eigenvalue weighted by Gasteiger charge is -2.17. The van der Waals surface area contributed by atoms with Crippen LogP contribution < -0.4 is 0 Å². The molecule has 27 heavy (non-hydrogen) atoms. The maximum Gasteiger partial charge on any atom is 0.257 e. The average Bonchev–Trinajstić information content (AvgIpc) is 3.21. The molecule has 1 aromatic carbocycles. The summed E-state index contributed by atoms with van der Waals surface area (Å²) in [5, 5.41) is 0.500. The van der Waals surface area contributed by atoms with Crippen molar-refractivity contribution in [3.05, 3.63) is 51.3 Å². The second kappa shape index (κ2) is 7.32. The van der Waals surface area contributed by atoms with E-state index in [4.69, 9.17) is 11.6 Å². The molecule has 5 nitrogen and oxygen atoms in total. The molecule has 7 heteroatoms. The van der Waals surface area contributed by atoms with Gasteiger partial charge in [0.05, 0.1) is 11.3 Å². The lowest BCUT2D eigenvalue weighted by molar-refractivity contribution is 0.0788. The highest BCUT2D eigenvalue weighted by Crippen LogP contribution is 2.31. The Kier molecular flexibility index (Phi) is 5.41. The van der Waals surface area contributed by atoms with E-state index in [9.17, 15) is 13.2 Å². The number of benzene rings is 1. The number of nitrogens with zero attached hydrogens (tertiary/aromatic N) is 2. The highest BCUT2D eigenvalue weighted by molar-refractivity contribution is 7.90. The molecule has 0 N–H and O–H groups in total. The number of aryl methyl sites for hydroxylation is 1. The largest absolute Gasteiger partial charge is 0.350 e. The number of aromatic nitrogens is 1. The first-order valence-corrected chi connectivity index (χ1v) is 11.1. The van der Waals surface area contributed by atoms with Crippen LogP contribution in [-0.4, -0.2) is 36.9 Å². The van der Waals surface area contributed by atoms with Gasteiger partial charge in [0, 0.05) is 36.5 Å². The fourth-order valence-electron chi connectivity index (χ4n) is 3.70. The summed E-state index contributed by atoms with van der Waals surface area (Å²) in [6.07, 6.45) is 1.92. The van der Waals surface area contributed by atoms with E-state index in [-0.39, 0.29) is 16.6 Å². The predicted octanol–water partition coefficient (Wildman–Crippen LogP) is 3.81. The average molecular weight is 409 g/mol. The Morgan fingerprint density at radius 1 is 1.11 bits per heavy atom. The first kappa shape index (κ1) is 20.0. The van der Waals surface area contributed by atoms with Gasteiger partial charge in [-0.05, 0) is 56.9 Å². The van der Waals surface area contributed by atoms with Gasteiger partial charge in [0.25, 0.3) is 5.91 Å². The van der Waals surface area contributed by atoms with Crippen LogP contribution >= 0.6 is 11.6 Å². The topological polar surface area (TPSA) is 59.4 Å². The van der Waals surface area contributed by atoms with E-state index in [1.165, 1.54) is 0 Å². The summed E-state index contributed by atoms with van der Waals surface area (Å²) >= 11 is 6.06. The predicted molar refractivity (Wildman–Crippen MR) is 107 cm³/mol. The monoisotopic (exact) mass is 408 g/mol. The smallest absolute Gasteiger partial charge is 0.257 e. The Morgan fingerprint density at radius 3 is 2.37 bits per heavy atom. The van der Waals surface area contributed by atoms with E-state index in [1.807, 2.05) is 13.0 Å². The van der Waals surface area contributed by atoms with Crippen LogP contribution in [0.3, 0.4) is 0 Å². The third kappa shape index (κ3) is 3.65. The maximum atomic E-state index is 13.4. The first-order valence-electron chi connectivity index (χ1n) is 9.06. The third-order valence-corrected chi connectivity index (χ3v) is 7.55. The number of hydrogen-bond acceptors (Lipinski definition) is 3. The zero-order valence-corrected chi connectivity index (χ0v) is 17.7. The fourth-order valence-corrected chi connectivity index (χ4v) is 5.89. The van der Waals surface area contributed by atoms with Gasteiger partial charge in [-0.2, -0.15) is 0 Å². The normalized spacial score (nSPS) is 14.8. The molecule has 0 radical (unpaired) electrons. The summed E-state index contributed by atoms with van der Waals surface area (Å²) in [6.45, 7) is 6.78. The molecule has 0 atom stereocenters. The van der Waals surface area contributed by atoms with Gasteiger partial charge >= 0.3 is 0 Å². The van der Waals surface area contributed by atoms with E-state index < -0.39 is 9.84 Å². The zero-order valence-electron chi connectivity index (χ0n) is 16.2. The van der Waals surface area contributed by atoms with Gasteiger partial charge in [-0.1, -0.05) is 17.7 Å². The van der Waals surface area contributed by atoms with Crippen LogP contribution in [0, 0.1) is 20.8 Å². The number of carbonyl (C=O) groups is 1. The van der Waals surface area contributed by atoms with E-state index in [2.05, 4.69) is 0 Å². The minimum atomic E-state index is -3.72. The lowest BCUT2D eigenvalue weighted by Crippen LogP contribution is -2.29. The van der Waals surface area contributed by atoms with Crippen molar-refractivity contribution in [1.29, 1.82) is 0 Å². The summed E-state index contributed by atoms with van der Waals surface area (Å²) in [4.78, 5) is 15.0. The van der Waals surface area contributed by atoms with E-state index in [1.54, 1.807) is 42.5 Å². The molecule has 0 bridgehead atoms. The van der Waals surface area contributed by atoms with Crippen LogP contribution in [0.25, 0.3) is 0 Å². The van der Waals surface area contributed by atoms with E-state index in [0.717, 1.165) is 18.4 Å². The van der Waals surface area contributed by atoms with Crippen LogP contribution in [0.2, 0.25) is 5.02 Å². The Bertz CT molecular complexity index is 1000.